The third kappa shape index (κ3) is 2.60. The minimum atomic E-state index is -0.170. The van der Waals surface area contributed by atoms with Gasteiger partial charge in [-0.1, -0.05) is 11.6 Å². The molecule has 1 aromatic carbocycles. The van der Waals surface area contributed by atoms with E-state index >= 15 is 0 Å². The van der Waals surface area contributed by atoms with Gasteiger partial charge in [-0.2, -0.15) is 11.3 Å². The van der Waals surface area contributed by atoms with E-state index in [9.17, 15) is 4.79 Å². The average Bonchev–Trinajstić information content (AvgIpc) is 2.70. The maximum atomic E-state index is 12.0. The molecule has 0 aliphatic carbocycles. The number of benzene rings is 1. The molecule has 2 aromatic rings. The van der Waals surface area contributed by atoms with Gasteiger partial charge < -0.3 is 11.1 Å². The second kappa shape index (κ2) is 4.77. The van der Waals surface area contributed by atoms with Gasteiger partial charge in [-0.3, -0.25) is 4.79 Å². The Labute approximate surface area is 108 Å². The Morgan fingerprint density at radius 2 is 2.18 bits per heavy atom. The lowest BCUT2D eigenvalue weighted by Crippen LogP contribution is -2.12. The summed E-state index contributed by atoms with van der Waals surface area (Å²) in [4.78, 5) is 12.0. The monoisotopic (exact) mass is 266 g/mol. The lowest BCUT2D eigenvalue weighted by molar-refractivity contribution is 0.102. The second-order valence-electron chi connectivity index (χ2n) is 3.66. The number of aryl methyl sites for hydroxylation is 1. The Bertz CT molecular complexity index is 565. The smallest absolute Gasteiger partial charge is 0.256 e. The number of thiophene rings is 1. The zero-order valence-electron chi connectivity index (χ0n) is 9.16. The van der Waals surface area contributed by atoms with Crippen molar-refractivity contribution in [3.63, 3.8) is 0 Å². The van der Waals surface area contributed by atoms with E-state index in [-0.39, 0.29) is 5.91 Å². The molecule has 2 rings (SSSR count). The summed E-state index contributed by atoms with van der Waals surface area (Å²) in [6, 6.07) is 4.99. The number of nitrogen functional groups attached to an aromatic ring is 1. The van der Waals surface area contributed by atoms with Crippen molar-refractivity contribution >= 4 is 40.2 Å². The molecule has 0 aliphatic heterocycles. The van der Waals surface area contributed by atoms with Gasteiger partial charge in [0.25, 0.3) is 5.91 Å². The van der Waals surface area contributed by atoms with Crippen LogP contribution in [0.25, 0.3) is 0 Å². The summed E-state index contributed by atoms with van der Waals surface area (Å²) in [5.41, 5.74) is 8.35. The fourth-order valence-electron chi connectivity index (χ4n) is 1.42. The van der Waals surface area contributed by atoms with E-state index in [1.165, 1.54) is 11.3 Å². The third-order valence-electron chi connectivity index (χ3n) is 2.34. The van der Waals surface area contributed by atoms with E-state index in [4.69, 9.17) is 17.3 Å². The first kappa shape index (κ1) is 12.0. The van der Waals surface area contributed by atoms with E-state index < -0.39 is 0 Å². The van der Waals surface area contributed by atoms with Gasteiger partial charge in [0.05, 0.1) is 16.3 Å². The number of hydrogen-bond donors (Lipinski definition) is 2. The molecule has 0 bridgehead atoms. The number of anilines is 2. The Morgan fingerprint density at radius 1 is 1.41 bits per heavy atom. The van der Waals surface area contributed by atoms with Crippen molar-refractivity contribution < 1.29 is 4.79 Å². The number of hydrogen-bond acceptors (Lipinski definition) is 3. The zero-order chi connectivity index (χ0) is 12.4. The zero-order valence-corrected chi connectivity index (χ0v) is 10.7. The SMILES string of the molecule is Cc1cscc1C(=O)Nc1cc(N)ccc1Cl. The van der Waals surface area contributed by atoms with E-state index in [2.05, 4.69) is 5.32 Å². The quantitative estimate of drug-likeness (QED) is 0.817. The van der Waals surface area contributed by atoms with Gasteiger partial charge in [-0.05, 0) is 36.1 Å². The van der Waals surface area contributed by atoms with Crippen LogP contribution in [0.4, 0.5) is 11.4 Å². The van der Waals surface area contributed by atoms with E-state index in [0.29, 0.717) is 22.0 Å². The molecule has 0 saturated heterocycles. The molecule has 1 amide bonds. The van der Waals surface area contributed by atoms with Gasteiger partial charge >= 0.3 is 0 Å². The van der Waals surface area contributed by atoms with Crippen molar-refractivity contribution in [3.05, 3.63) is 45.1 Å². The molecule has 0 radical (unpaired) electrons. The molecule has 0 saturated carbocycles. The van der Waals surface area contributed by atoms with Crippen molar-refractivity contribution in [1.29, 1.82) is 0 Å². The standard InChI is InChI=1S/C12H11ClN2OS/c1-7-5-17-6-9(7)12(16)15-11-4-8(14)2-3-10(11)13/h2-6H,14H2,1H3,(H,15,16). The summed E-state index contributed by atoms with van der Waals surface area (Å²) in [5, 5.41) is 6.96. The first-order chi connectivity index (χ1) is 8.08. The molecular formula is C12H11ClN2OS. The summed E-state index contributed by atoms with van der Waals surface area (Å²) < 4.78 is 0. The van der Waals surface area contributed by atoms with Crippen LogP contribution in [0.1, 0.15) is 15.9 Å². The van der Waals surface area contributed by atoms with Crippen molar-refractivity contribution in [1.82, 2.24) is 0 Å². The number of halogens is 1. The van der Waals surface area contributed by atoms with Crippen LogP contribution in [0.5, 0.6) is 0 Å². The maximum absolute atomic E-state index is 12.0. The molecule has 5 heteroatoms. The van der Waals surface area contributed by atoms with Crippen molar-refractivity contribution in [2.24, 2.45) is 0 Å². The third-order valence-corrected chi connectivity index (χ3v) is 3.53. The predicted molar refractivity (Wildman–Crippen MR) is 72.9 cm³/mol. The molecular weight excluding hydrogens is 256 g/mol. The maximum Gasteiger partial charge on any atom is 0.256 e. The topological polar surface area (TPSA) is 55.1 Å². The summed E-state index contributed by atoms with van der Waals surface area (Å²) in [6.07, 6.45) is 0. The number of nitrogens with two attached hydrogens (primary N) is 1. The van der Waals surface area contributed by atoms with Crippen LogP contribution < -0.4 is 11.1 Å². The lowest BCUT2D eigenvalue weighted by Gasteiger charge is -2.07. The number of carbonyl (C=O) groups is 1. The fourth-order valence-corrected chi connectivity index (χ4v) is 2.41. The van der Waals surface area contributed by atoms with Gasteiger partial charge in [-0.25, -0.2) is 0 Å². The Balaban J connectivity index is 2.24. The first-order valence-electron chi connectivity index (χ1n) is 4.97. The highest BCUT2D eigenvalue weighted by atomic mass is 35.5. The average molecular weight is 267 g/mol. The highest BCUT2D eigenvalue weighted by Crippen LogP contribution is 2.25. The van der Waals surface area contributed by atoms with E-state index in [1.807, 2.05) is 17.7 Å². The molecule has 0 aliphatic rings. The normalized spacial score (nSPS) is 10.2. The van der Waals surface area contributed by atoms with Crippen molar-refractivity contribution in [2.75, 3.05) is 11.1 Å². The highest BCUT2D eigenvalue weighted by molar-refractivity contribution is 7.08. The molecule has 17 heavy (non-hydrogen) atoms. The lowest BCUT2D eigenvalue weighted by atomic mass is 10.2. The molecule has 3 nitrogen and oxygen atoms in total. The van der Waals surface area contributed by atoms with Crippen molar-refractivity contribution in [3.8, 4) is 0 Å². The van der Waals surface area contributed by atoms with Crippen molar-refractivity contribution in [2.45, 2.75) is 6.92 Å². The molecule has 3 N–H and O–H groups in total. The summed E-state index contributed by atoms with van der Waals surface area (Å²) in [5.74, 6) is -0.170. The van der Waals surface area contributed by atoms with Gasteiger partial charge in [0, 0.05) is 11.1 Å². The number of carbonyl (C=O) groups excluding carboxylic acids is 1. The Kier molecular flexibility index (Phi) is 3.36. The van der Waals surface area contributed by atoms with Crippen LogP contribution >= 0.6 is 22.9 Å². The molecule has 0 fully saturated rings. The first-order valence-corrected chi connectivity index (χ1v) is 6.29. The van der Waals surface area contributed by atoms with Gasteiger partial charge in [-0.15, -0.1) is 0 Å². The van der Waals surface area contributed by atoms with Crippen LogP contribution in [0.2, 0.25) is 5.02 Å². The van der Waals surface area contributed by atoms with Crippen LogP contribution in [0, 0.1) is 6.92 Å². The molecule has 1 aromatic heterocycles. The van der Waals surface area contributed by atoms with Gasteiger partial charge in [0.2, 0.25) is 0 Å². The molecule has 0 spiro atoms. The van der Waals surface area contributed by atoms with Crippen LogP contribution in [-0.4, -0.2) is 5.91 Å². The fraction of sp³-hybridized carbons (Fsp3) is 0.0833. The second-order valence-corrected chi connectivity index (χ2v) is 4.81. The summed E-state index contributed by atoms with van der Waals surface area (Å²) in [6.45, 7) is 1.90. The predicted octanol–water partition coefficient (Wildman–Crippen LogP) is 3.54. The summed E-state index contributed by atoms with van der Waals surface area (Å²) in [7, 11) is 0. The molecule has 0 atom stereocenters. The van der Waals surface area contributed by atoms with Gasteiger partial charge in [0.1, 0.15) is 0 Å². The molecule has 1 heterocycles. The summed E-state index contributed by atoms with van der Waals surface area (Å²) >= 11 is 7.47. The Morgan fingerprint density at radius 3 is 2.82 bits per heavy atom. The number of rotatable bonds is 2. The number of nitrogens with one attached hydrogen (secondary N) is 1. The van der Waals surface area contributed by atoms with E-state index in [0.717, 1.165) is 5.56 Å². The number of amides is 1. The van der Waals surface area contributed by atoms with Gasteiger partial charge in [0.15, 0.2) is 0 Å². The van der Waals surface area contributed by atoms with Crippen LogP contribution in [0.15, 0.2) is 29.0 Å². The highest BCUT2D eigenvalue weighted by Gasteiger charge is 2.11. The molecule has 0 unspecified atom stereocenters. The largest absolute Gasteiger partial charge is 0.399 e. The minimum absolute atomic E-state index is 0.170. The molecule has 88 valence electrons. The minimum Gasteiger partial charge on any atom is -0.399 e. The van der Waals surface area contributed by atoms with Crippen LogP contribution in [-0.2, 0) is 0 Å². The van der Waals surface area contributed by atoms with E-state index in [1.54, 1.807) is 18.2 Å². The van der Waals surface area contributed by atoms with Crippen LogP contribution in [0.3, 0.4) is 0 Å². The Hall–Kier alpha value is -1.52.